The molecule has 0 aliphatic heterocycles. The van der Waals surface area contributed by atoms with Crippen molar-refractivity contribution >= 4 is 5.97 Å². The van der Waals surface area contributed by atoms with Crippen LogP contribution in [0.1, 0.15) is 30.9 Å². The van der Waals surface area contributed by atoms with E-state index in [0.717, 1.165) is 31.4 Å². The fourth-order valence-corrected chi connectivity index (χ4v) is 1.78. The Morgan fingerprint density at radius 3 is 2.39 bits per heavy atom. The van der Waals surface area contributed by atoms with Gasteiger partial charge in [0.15, 0.2) is 0 Å². The van der Waals surface area contributed by atoms with Crippen LogP contribution in [0.15, 0.2) is 24.3 Å². The molecule has 0 N–H and O–H groups in total. The highest BCUT2D eigenvalue weighted by molar-refractivity contribution is 5.72. The van der Waals surface area contributed by atoms with E-state index in [9.17, 15) is 4.79 Å². The molecule has 0 saturated carbocycles. The predicted molar refractivity (Wildman–Crippen MR) is 71.6 cm³/mol. The Balaban J connectivity index is 2.35. The topological polar surface area (TPSA) is 35.5 Å². The van der Waals surface area contributed by atoms with Crippen molar-refractivity contribution in [2.24, 2.45) is 0 Å². The number of ether oxygens (including phenoxy) is 2. The third kappa shape index (κ3) is 5.82. The van der Waals surface area contributed by atoms with Gasteiger partial charge < -0.3 is 9.47 Å². The Bertz CT molecular complexity index is 343. The Morgan fingerprint density at radius 1 is 1.11 bits per heavy atom. The molecule has 0 aliphatic carbocycles. The normalized spacial score (nSPS) is 10.3. The van der Waals surface area contributed by atoms with E-state index in [4.69, 9.17) is 9.47 Å². The Hall–Kier alpha value is -1.35. The van der Waals surface area contributed by atoms with Gasteiger partial charge in [-0.1, -0.05) is 24.3 Å². The van der Waals surface area contributed by atoms with Gasteiger partial charge in [-0.2, -0.15) is 0 Å². The van der Waals surface area contributed by atoms with Crippen LogP contribution < -0.4 is 0 Å². The van der Waals surface area contributed by atoms with Crippen LogP contribution in [0.3, 0.4) is 0 Å². The van der Waals surface area contributed by atoms with Gasteiger partial charge in [-0.3, -0.25) is 4.79 Å². The second-order valence-corrected chi connectivity index (χ2v) is 4.25. The first-order valence-corrected chi connectivity index (χ1v) is 6.48. The van der Waals surface area contributed by atoms with Crippen LogP contribution in [0.5, 0.6) is 0 Å². The minimum atomic E-state index is -0.162. The standard InChI is InChI=1S/C15H22O3/c1-3-18-15(16)12-14-9-7-13(8-10-14)6-4-5-11-17-2/h7-10H,3-6,11-12H2,1-2H3. The van der Waals surface area contributed by atoms with E-state index in [0.29, 0.717) is 13.0 Å². The summed E-state index contributed by atoms with van der Waals surface area (Å²) in [6.45, 7) is 3.08. The van der Waals surface area contributed by atoms with Gasteiger partial charge >= 0.3 is 5.97 Å². The van der Waals surface area contributed by atoms with Crippen molar-refractivity contribution in [1.29, 1.82) is 0 Å². The molecule has 3 heteroatoms. The Morgan fingerprint density at radius 2 is 1.78 bits per heavy atom. The molecule has 0 spiro atoms. The highest BCUT2D eigenvalue weighted by Gasteiger charge is 2.03. The van der Waals surface area contributed by atoms with Gasteiger partial charge in [0.1, 0.15) is 0 Å². The Labute approximate surface area is 109 Å². The van der Waals surface area contributed by atoms with Crippen molar-refractivity contribution in [1.82, 2.24) is 0 Å². The van der Waals surface area contributed by atoms with Gasteiger partial charge in [0.25, 0.3) is 0 Å². The van der Waals surface area contributed by atoms with Crippen LogP contribution in [0.4, 0.5) is 0 Å². The lowest BCUT2D eigenvalue weighted by Crippen LogP contribution is -2.07. The van der Waals surface area contributed by atoms with Crippen molar-refractivity contribution in [2.45, 2.75) is 32.6 Å². The lowest BCUT2D eigenvalue weighted by atomic mass is 10.0. The fourth-order valence-electron chi connectivity index (χ4n) is 1.78. The molecule has 100 valence electrons. The van der Waals surface area contributed by atoms with E-state index in [-0.39, 0.29) is 5.97 Å². The molecule has 18 heavy (non-hydrogen) atoms. The minimum Gasteiger partial charge on any atom is -0.466 e. The predicted octanol–water partition coefficient (Wildman–Crippen LogP) is 2.76. The summed E-state index contributed by atoms with van der Waals surface area (Å²) in [6.07, 6.45) is 3.63. The maximum atomic E-state index is 11.3. The molecule has 0 unspecified atom stereocenters. The second-order valence-electron chi connectivity index (χ2n) is 4.25. The lowest BCUT2D eigenvalue weighted by Gasteiger charge is -2.04. The third-order valence-electron chi connectivity index (χ3n) is 2.74. The average Bonchev–Trinajstić information content (AvgIpc) is 2.37. The molecule has 0 heterocycles. The highest BCUT2D eigenvalue weighted by atomic mass is 16.5. The average molecular weight is 250 g/mol. The molecule has 0 fully saturated rings. The number of esters is 1. The largest absolute Gasteiger partial charge is 0.466 e. The molecule has 0 atom stereocenters. The number of methoxy groups -OCH3 is 1. The monoisotopic (exact) mass is 250 g/mol. The molecule has 0 amide bonds. The summed E-state index contributed by atoms with van der Waals surface area (Å²) in [7, 11) is 1.73. The van der Waals surface area contributed by atoms with E-state index in [2.05, 4.69) is 12.1 Å². The lowest BCUT2D eigenvalue weighted by molar-refractivity contribution is -0.142. The van der Waals surface area contributed by atoms with E-state index in [1.807, 2.05) is 19.1 Å². The third-order valence-corrected chi connectivity index (χ3v) is 2.74. The zero-order chi connectivity index (χ0) is 13.2. The van der Waals surface area contributed by atoms with Gasteiger partial charge in [0.2, 0.25) is 0 Å². The van der Waals surface area contributed by atoms with Crippen molar-refractivity contribution < 1.29 is 14.3 Å². The summed E-state index contributed by atoms with van der Waals surface area (Å²) in [5.74, 6) is -0.162. The van der Waals surface area contributed by atoms with Crippen LogP contribution in [0.2, 0.25) is 0 Å². The number of benzene rings is 1. The van der Waals surface area contributed by atoms with E-state index < -0.39 is 0 Å². The molecular formula is C15H22O3. The molecule has 0 radical (unpaired) electrons. The van der Waals surface area contributed by atoms with Gasteiger partial charge in [-0.15, -0.1) is 0 Å². The zero-order valence-corrected chi connectivity index (χ0v) is 11.3. The van der Waals surface area contributed by atoms with Gasteiger partial charge in [0, 0.05) is 13.7 Å². The van der Waals surface area contributed by atoms with Crippen molar-refractivity contribution in [3.05, 3.63) is 35.4 Å². The van der Waals surface area contributed by atoms with Crippen LogP contribution in [0, 0.1) is 0 Å². The number of hydrogen-bond donors (Lipinski definition) is 0. The van der Waals surface area contributed by atoms with Crippen LogP contribution in [0.25, 0.3) is 0 Å². The molecule has 1 rings (SSSR count). The van der Waals surface area contributed by atoms with Crippen LogP contribution in [-0.2, 0) is 27.1 Å². The Kier molecular flexibility index (Phi) is 7.11. The minimum absolute atomic E-state index is 0.162. The van der Waals surface area contributed by atoms with Gasteiger partial charge in [0.05, 0.1) is 13.0 Å². The second kappa shape index (κ2) is 8.70. The zero-order valence-electron chi connectivity index (χ0n) is 11.3. The van der Waals surface area contributed by atoms with Crippen LogP contribution in [-0.4, -0.2) is 26.3 Å². The van der Waals surface area contributed by atoms with E-state index in [1.165, 1.54) is 5.56 Å². The number of rotatable bonds is 8. The fraction of sp³-hybridized carbons (Fsp3) is 0.533. The molecule has 0 aliphatic rings. The molecular weight excluding hydrogens is 228 g/mol. The summed E-state index contributed by atoms with van der Waals surface area (Å²) >= 11 is 0. The molecule has 0 aromatic heterocycles. The van der Waals surface area contributed by atoms with Crippen molar-refractivity contribution in [2.75, 3.05) is 20.3 Å². The van der Waals surface area contributed by atoms with Gasteiger partial charge in [-0.25, -0.2) is 0 Å². The number of hydrogen-bond acceptors (Lipinski definition) is 3. The number of aryl methyl sites for hydroxylation is 1. The number of carbonyl (C=O) groups is 1. The first kappa shape index (κ1) is 14.7. The molecule has 0 bridgehead atoms. The van der Waals surface area contributed by atoms with Crippen LogP contribution >= 0.6 is 0 Å². The summed E-state index contributed by atoms with van der Waals surface area (Å²) in [5, 5.41) is 0. The maximum absolute atomic E-state index is 11.3. The SMILES string of the molecule is CCOC(=O)Cc1ccc(CCCCOC)cc1. The number of carbonyl (C=O) groups excluding carboxylic acids is 1. The molecule has 1 aromatic rings. The van der Waals surface area contributed by atoms with Gasteiger partial charge in [-0.05, 0) is 37.3 Å². The molecule has 1 aromatic carbocycles. The van der Waals surface area contributed by atoms with E-state index >= 15 is 0 Å². The summed E-state index contributed by atoms with van der Waals surface area (Å²) in [5.41, 5.74) is 2.31. The summed E-state index contributed by atoms with van der Waals surface area (Å²) in [6, 6.07) is 8.17. The summed E-state index contributed by atoms with van der Waals surface area (Å²) in [4.78, 5) is 11.3. The first-order chi connectivity index (χ1) is 8.76. The van der Waals surface area contributed by atoms with Crippen molar-refractivity contribution in [3.63, 3.8) is 0 Å². The van der Waals surface area contributed by atoms with Crippen molar-refractivity contribution in [3.8, 4) is 0 Å². The summed E-state index contributed by atoms with van der Waals surface area (Å²) < 4.78 is 9.93. The molecule has 3 nitrogen and oxygen atoms in total. The smallest absolute Gasteiger partial charge is 0.310 e. The molecule has 0 saturated heterocycles. The highest BCUT2D eigenvalue weighted by Crippen LogP contribution is 2.09. The maximum Gasteiger partial charge on any atom is 0.310 e. The first-order valence-electron chi connectivity index (χ1n) is 6.48. The van der Waals surface area contributed by atoms with E-state index in [1.54, 1.807) is 7.11 Å². The quantitative estimate of drug-likeness (QED) is 0.525. The number of unbranched alkanes of at least 4 members (excludes halogenated alkanes) is 1.